The number of aromatic amines is 1. The number of rotatable bonds is 8. The summed E-state index contributed by atoms with van der Waals surface area (Å²) in [5.74, 6) is -2.18. The van der Waals surface area contributed by atoms with E-state index in [1.54, 1.807) is 26.8 Å². The van der Waals surface area contributed by atoms with E-state index in [9.17, 15) is 14.4 Å². The van der Waals surface area contributed by atoms with Gasteiger partial charge >= 0.3 is 17.9 Å². The van der Waals surface area contributed by atoms with Gasteiger partial charge in [-0.2, -0.15) is 0 Å². The first-order chi connectivity index (χ1) is 11.0. The Morgan fingerprint density at radius 2 is 1.61 bits per heavy atom. The lowest BCUT2D eigenvalue weighted by atomic mass is 10.3. The zero-order valence-electron chi connectivity index (χ0n) is 13.3. The van der Waals surface area contributed by atoms with Crippen molar-refractivity contribution in [2.75, 3.05) is 25.1 Å². The summed E-state index contributed by atoms with van der Waals surface area (Å²) in [6, 6.07) is 1.57. The average Bonchev–Trinajstić information content (AvgIpc) is 2.97. The number of hydrogen-bond acceptors (Lipinski definition) is 7. The van der Waals surface area contributed by atoms with Gasteiger partial charge in [-0.25, -0.2) is 14.4 Å². The van der Waals surface area contributed by atoms with Crippen LogP contribution < -0.4 is 5.32 Å². The maximum atomic E-state index is 11.8. The summed E-state index contributed by atoms with van der Waals surface area (Å²) >= 11 is 0. The Labute approximate surface area is 133 Å². The standard InChI is InChI=1S/C15H20N2O6/c1-4-21-13(18)10(14(19)22-5-2)9-17-11-7-8-16-12(11)15(20)23-6-3/h7-9,16-17H,4-6H2,1-3H3. The van der Waals surface area contributed by atoms with Crippen LogP contribution in [0.1, 0.15) is 31.3 Å². The van der Waals surface area contributed by atoms with Gasteiger partial charge in [-0.05, 0) is 26.8 Å². The highest BCUT2D eigenvalue weighted by Crippen LogP contribution is 2.15. The summed E-state index contributed by atoms with van der Waals surface area (Å²) in [6.07, 6.45) is 2.67. The van der Waals surface area contributed by atoms with E-state index in [4.69, 9.17) is 14.2 Å². The molecule has 0 aliphatic rings. The number of H-pyrrole nitrogens is 1. The predicted octanol–water partition coefficient (Wildman–Crippen LogP) is 1.61. The summed E-state index contributed by atoms with van der Waals surface area (Å²) in [7, 11) is 0. The van der Waals surface area contributed by atoms with Crippen molar-refractivity contribution >= 4 is 23.6 Å². The molecule has 0 amide bonds. The molecule has 8 heteroatoms. The normalized spacial score (nSPS) is 9.70. The van der Waals surface area contributed by atoms with Crippen molar-refractivity contribution in [3.63, 3.8) is 0 Å². The first kappa shape index (κ1) is 18.3. The third kappa shape index (κ3) is 5.17. The van der Waals surface area contributed by atoms with Gasteiger partial charge in [-0.15, -0.1) is 0 Å². The molecule has 0 unspecified atom stereocenters. The third-order valence-electron chi connectivity index (χ3n) is 2.59. The van der Waals surface area contributed by atoms with E-state index in [0.29, 0.717) is 5.69 Å². The smallest absolute Gasteiger partial charge is 0.356 e. The zero-order chi connectivity index (χ0) is 17.2. The van der Waals surface area contributed by atoms with E-state index in [2.05, 4.69) is 10.3 Å². The molecule has 1 heterocycles. The Balaban J connectivity index is 2.97. The van der Waals surface area contributed by atoms with Gasteiger partial charge in [0.15, 0.2) is 5.57 Å². The second-order valence-electron chi connectivity index (χ2n) is 4.13. The van der Waals surface area contributed by atoms with E-state index in [-0.39, 0.29) is 31.1 Å². The zero-order valence-corrected chi connectivity index (χ0v) is 13.3. The van der Waals surface area contributed by atoms with E-state index in [0.717, 1.165) is 6.20 Å². The van der Waals surface area contributed by atoms with Gasteiger partial charge in [0.25, 0.3) is 0 Å². The van der Waals surface area contributed by atoms with Crippen molar-refractivity contribution in [3.05, 3.63) is 29.7 Å². The monoisotopic (exact) mass is 324 g/mol. The van der Waals surface area contributed by atoms with Gasteiger partial charge in [0.05, 0.1) is 25.5 Å². The first-order valence-electron chi connectivity index (χ1n) is 7.20. The molecule has 1 rings (SSSR count). The number of esters is 3. The number of ether oxygens (including phenoxy) is 3. The Morgan fingerprint density at radius 3 is 2.13 bits per heavy atom. The van der Waals surface area contributed by atoms with E-state index < -0.39 is 17.9 Å². The van der Waals surface area contributed by atoms with Crippen molar-refractivity contribution in [1.82, 2.24) is 4.98 Å². The van der Waals surface area contributed by atoms with Crippen molar-refractivity contribution in [1.29, 1.82) is 0 Å². The maximum absolute atomic E-state index is 11.8. The molecule has 0 radical (unpaired) electrons. The quantitative estimate of drug-likeness (QED) is 0.246. The molecule has 0 aliphatic heterocycles. The van der Waals surface area contributed by atoms with Gasteiger partial charge in [0.2, 0.25) is 0 Å². The summed E-state index contributed by atoms with van der Waals surface area (Å²) in [5.41, 5.74) is 0.231. The fourth-order valence-corrected chi connectivity index (χ4v) is 1.63. The molecular formula is C15H20N2O6. The van der Waals surface area contributed by atoms with E-state index >= 15 is 0 Å². The molecule has 0 bridgehead atoms. The molecule has 0 atom stereocenters. The number of hydrogen-bond donors (Lipinski definition) is 2. The lowest BCUT2D eigenvalue weighted by Gasteiger charge is -2.08. The van der Waals surface area contributed by atoms with Crippen LogP contribution in [0.4, 0.5) is 5.69 Å². The minimum absolute atomic E-state index is 0.119. The maximum Gasteiger partial charge on any atom is 0.356 e. The van der Waals surface area contributed by atoms with Crippen LogP contribution in [0, 0.1) is 0 Å². The second kappa shape index (κ2) is 9.29. The minimum atomic E-state index is -0.813. The van der Waals surface area contributed by atoms with Crippen LogP contribution in [-0.4, -0.2) is 42.7 Å². The first-order valence-corrected chi connectivity index (χ1v) is 7.20. The molecule has 0 aromatic carbocycles. The van der Waals surface area contributed by atoms with Gasteiger partial charge in [0.1, 0.15) is 5.69 Å². The Hall–Kier alpha value is -2.77. The van der Waals surface area contributed by atoms with Crippen LogP contribution in [0.2, 0.25) is 0 Å². The number of nitrogens with one attached hydrogen (secondary N) is 2. The number of carbonyl (C=O) groups excluding carboxylic acids is 3. The number of carbonyl (C=O) groups is 3. The fourth-order valence-electron chi connectivity index (χ4n) is 1.63. The van der Waals surface area contributed by atoms with Crippen LogP contribution in [0.5, 0.6) is 0 Å². The molecule has 1 aromatic rings. The van der Waals surface area contributed by atoms with Gasteiger partial charge in [-0.3, -0.25) is 0 Å². The van der Waals surface area contributed by atoms with Gasteiger partial charge in [0, 0.05) is 12.4 Å². The highest BCUT2D eigenvalue weighted by molar-refractivity contribution is 6.14. The molecule has 0 aliphatic carbocycles. The highest BCUT2D eigenvalue weighted by Gasteiger charge is 2.21. The van der Waals surface area contributed by atoms with Crippen LogP contribution in [0.3, 0.4) is 0 Å². The van der Waals surface area contributed by atoms with Crippen LogP contribution in [0.15, 0.2) is 24.0 Å². The number of aromatic nitrogens is 1. The summed E-state index contributed by atoms with van der Waals surface area (Å²) in [6.45, 7) is 5.40. The molecular weight excluding hydrogens is 304 g/mol. The van der Waals surface area contributed by atoms with Crippen molar-refractivity contribution in [2.24, 2.45) is 0 Å². The second-order valence-corrected chi connectivity index (χ2v) is 4.13. The molecule has 0 saturated carbocycles. The molecule has 23 heavy (non-hydrogen) atoms. The molecule has 0 spiro atoms. The molecule has 0 fully saturated rings. The van der Waals surface area contributed by atoms with Gasteiger partial charge < -0.3 is 24.5 Å². The minimum Gasteiger partial charge on any atom is -0.462 e. The van der Waals surface area contributed by atoms with Crippen molar-refractivity contribution < 1.29 is 28.6 Å². The molecule has 1 aromatic heterocycles. The van der Waals surface area contributed by atoms with Crippen LogP contribution >= 0.6 is 0 Å². The molecule has 0 saturated heterocycles. The average molecular weight is 324 g/mol. The Morgan fingerprint density at radius 1 is 1.04 bits per heavy atom. The Bertz CT molecular complexity index is 571. The van der Waals surface area contributed by atoms with Crippen molar-refractivity contribution in [3.8, 4) is 0 Å². The molecule has 126 valence electrons. The number of anilines is 1. The van der Waals surface area contributed by atoms with Crippen molar-refractivity contribution in [2.45, 2.75) is 20.8 Å². The lowest BCUT2D eigenvalue weighted by Crippen LogP contribution is -2.19. The predicted molar refractivity (Wildman–Crippen MR) is 81.7 cm³/mol. The lowest BCUT2D eigenvalue weighted by molar-refractivity contribution is -0.146. The van der Waals surface area contributed by atoms with E-state index in [1.807, 2.05) is 0 Å². The topological polar surface area (TPSA) is 107 Å². The Kier molecular flexibility index (Phi) is 7.38. The largest absolute Gasteiger partial charge is 0.462 e. The van der Waals surface area contributed by atoms with Crippen LogP contribution in [0.25, 0.3) is 0 Å². The van der Waals surface area contributed by atoms with Gasteiger partial charge in [-0.1, -0.05) is 0 Å². The molecule has 8 nitrogen and oxygen atoms in total. The van der Waals surface area contributed by atoms with E-state index in [1.165, 1.54) is 6.20 Å². The summed E-state index contributed by atoms with van der Waals surface area (Å²) in [5, 5.41) is 2.72. The third-order valence-corrected chi connectivity index (χ3v) is 2.59. The summed E-state index contributed by atoms with van der Waals surface area (Å²) in [4.78, 5) is 38.1. The SMILES string of the molecule is CCOC(=O)C(=CNc1cc[nH]c1C(=O)OCC)C(=O)OCC. The highest BCUT2D eigenvalue weighted by atomic mass is 16.6. The molecule has 2 N–H and O–H groups in total. The van der Waals surface area contributed by atoms with Crippen LogP contribution in [-0.2, 0) is 23.8 Å². The fraction of sp³-hybridized carbons (Fsp3) is 0.400. The summed E-state index contributed by atoms with van der Waals surface area (Å²) < 4.78 is 14.5.